The van der Waals surface area contributed by atoms with Crippen LogP contribution in [0.4, 0.5) is 11.4 Å². The average Bonchev–Trinajstić information content (AvgIpc) is 3.27. The summed E-state index contributed by atoms with van der Waals surface area (Å²) in [4.78, 5) is 7.96. The van der Waals surface area contributed by atoms with Crippen LogP contribution in [0.5, 0.6) is 5.75 Å². The Morgan fingerprint density at radius 1 is 0.971 bits per heavy atom. The van der Waals surface area contributed by atoms with Crippen LogP contribution in [0.3, 0.4) is 0 Å². The fourth-order valence-electron chi connectivity index (χ4n) is 3.62. The Morgan fingerprint density at radius 2 is 1.68 bits per heavy atom. The van der Waals surface area contributed by atoms with Gasteiger partial charge in [-0.1, -0.05) is 52.3 Å². The molecule has 174 valence electrons. The van der Waals surface area contributed by atoms with E-state index in [9.17, 15) is 0 Å². The number of halogens is 1. The number of nitrogens with zero attached hydrogens (tertiary/aromatic N) is 4. The second-order valence-electron chi connectivity index (χ2n) is 7.51. The first-order valence-corrected chi connectivity index (χ1v) is 12.8. The van der Waals surface area contributed by atoms with Gasteiger partial charge in [-0.2, -0.15) is 5.10 Å². The van der Waals surface area contributed by atoms with Gasteiger partial charge < -0.3 is 9.64 Å². The molecule has 0 aliphatic carbocycles. The molecule has 0 radical (unpaired) electrons. The lowest BCUT2D eigenvalue weighted by Crippen LogP contribution is -2.21. The fraction of sp³-hybridized carbons (Fsp3) is 0.185. The van der Waals surface area contributed by atoms with Crippen LogP contribution in [0.15, 0.2) is 92.7 Å². The smallest absolute Gasteiger partial charge is 0.211 e. The van der Waals surface area contributed by atoms with Crippen molar-refractivity contribution < 1.29 is 4.74 Å². The van der Waals surface area contributed by atoms with Crippen molar-refractivity contribution in [1.82, 2.24) is 4.68 Å². The van der Waals surface area contributed by atoms with E-state index in [1.165, 1.54) is 5.69 Å². The Hall–Kier alpha value is -3.16. The molecule has 0 aliphatic rings. The van der Waals surface area contributed by atoms with Crippen LogP contribution in [-0.2, 0) is 0 Å². The Kier molecular flexibility index (Phi) is 7.98. The lowest BCUT2D eigenvalue weighted by molar-refractivity contribution is 0.416. The number of ether oxygens (including phenoxy) is 1. The van der Waals surface area contributed by atoms with Crippen LogP contribution in [-0.4, -0.2) is 31.1 Å². The predicted molar refractivity (Wildman–Crippen MR) is 147 cm³/mol. The van der Waals surface area contributed by atoms with Crippen LogP contribution in [0.1, 0.15) is 19.4 Å². The molecular formula is C27H27BrN4OS. The number of hydrogen-bond donors (Lipinski definition) is 0. The fourth-order valence-corrected chi connectivity index (χ4v) is 4.73. The quantitative estimate of drug-likeness (QED) is 0.229. The van der Waals surface area contributed by atoms with Gasteiger partial charge in [0, 0.05) is 34.2 Å². The van der Waals surface area contributed by atoms with E-state index in [0.29, 0.717) is 0 Å². The van der Waals surface area contributed by atoms with Crippen molar-refractivity contribution in [2.24, 2.45) is 10.1 Å². The topological polar surface area (TPSA) is 42.1 Å². The highest BCUT2D eigenvalue weighted by Gasteiger charge is 2.09. The van der Waals surface area contributed by atoms with E-state index in [0.717, 1.165) is 50.6 Å². The monoisotopic (exact) mass is 534 g/mol. The van der Waals surface area contributed by atoms with Gasteiger partial charge in [-0.3, -0.25) is 0 Å². The molecule has 0 N–H and O–H groups in total. The van der Waals surface area contributed by atoms with Gasteiger partial charge in [-0.15, -0.1) is 11.3 Å². The zero-order chi connectivity index (χ0) is 23.9. The van der Waals surface area contributed by atoms with Gasteiger partial charge in [-0.25, -0.2) is 9.67 Å². The lowest BCUT2D eigenvalue weighted by atomic mass is 10.2. The molecule has 3 aromatic carbocycles. The van der Waals surface area contributed by atoms with Crippen molar-refractivity contribution in [2.75, 3.05) is 25.1 Å². The Morgan fingerprint density at radius 3 is 2.35 bits per heavy atom. The molecular weight excluding hydrogens is 508 g/mol. The van der Waals surface area contributed by atoms with Crippen LogP contribution in [0.25, 0.3) is 11.3 Å². The number of rotatable bonds is 8. The van der Waals surface area contributed by atoms with Gasteiger partial charge in [0.2, 0.25) is 4.80 Å². The third-order valence-electron chi connectivity index (χ3n) is 5.47. The van der Waals surface area contributed by atoms with E-state index < -0.39 is 0 Å². The zero-order valence-corrected chi connectivity index (χ0v) is 21.9. The molecule has 0 fully saturated rings. The number of benzene rings is 3. The highest BCUT2D eigenvalue weighted by atomic mass is 79.9. The summed E-state index contributed by atoms with van der Waals surface area (Å²) in [5, 5.41) is 6.93. The second kappa shape index (κ2) is 11.3. The van der Waals surface area contributed by atoms with E-state index in [4.69, 9.17) is 14.8 Å². The lowest BCUT2D eigenvalue weighted by Gasteiger charge is -2.20. The maximum absolute atomic E-state index is 5.49. The van der Waals surface area contributed by atoms with E-state index in [2.05, 4.69) is 76.5 Å². The number of hydrogen-bond acceptors (Lipinski definition) is 5. The number of thiazole rings is 1. The molecule has 4 aromatic rings. The van der Waals surface area contributed by atoms with E-state index >= 15 is 0 Å². The molecule has 0 saturated heterocycles. The molecule has 5 nitrogen and oxygen atoms in total. The summed E-state index contributed by atoms with van der Waals surface area (Å²) >= 11 is 5.07. The minimum absolute atomic E-state index is 0.726. The van der Waals surface area contributed by atoms with E-state index in [-0.39, 0.29) is 0 Å². The van der Waals surface area contributed by atoms with Crippen molar-refractivity contribution in [2.45, 2.75) is 13.8 Å². The molecule has 4 rings (SSSR count). The molecule has 0 amide bonds. The highest BCUT2D eigenvalue weighted by Crippen LogP contribution is 2.27. The molecule has 0 saturated carbocycles. The van der Waals surface area contributed by atoms with Gasteiger partial charge in [0.25, 0.3) is 0 Å². The highest BCUT2D eigenvalue weighted by molar-refractivity contribution is 9.10. The Balaban J connectivity index is 1.77. The molecule has 0 aliphatic heterocycles. The number of methoxy groups -OCH3 is 1. The first-order valence-electron chi connectivity index (χ1n) is 11.2. The molecule has 1 aromatic heterocycles. The number of para-hydroxylation sites is 2. The first-order chi connectivity index (χ1) is 16.6. The van der Waals surface area contributed by atoms with Crippen molar-refractivity contribution in [3.63, 3.8) is 0 Å². The zero-order valence-electron chi connectivity index (χ0n) is 19.5. The number of aromatic nitrogens is 1. The minimum atomic E-state index is 0.726. The van der Waals surface area contributed by atoms with Crippen molar-refractivity contribution in [3.05, 3.63) is 93.0 Å². The van der Waals surface area contributed by atoms with Gasteiger partial charge >= 0.3 is 0 Å². The SMILES string of the molecule is CCN(CC)c1ccc(C=Nn2c(-c3ccc(Br)cc3)csc2=Nc2ccccc2OC)cc1. The van der Waals surface area contributed by atoms with Crippen LogP contribution in [0, 0.1) is 0 Å². The Bertz CT molecular complexity index is 1320. The summed E-state index contributed by atoms with van der Waals surface area (Å²) in [6.07, 6.45) is 1.88. The average molecular weight is 536 g/mol. The van der Waals surface area contributed by atoms with Crippen LogP contribution < -0.4 is 14.4 Å². The summed E-state index contributed by atoms with van der Waals surface area (Å²) in [6, 6.07) is 24.4. The molecule has 0 atom stereocenters. The standard InChI is InChI=1S/C27H27BrN4OS/c1-4-31(5-2)23-16-10-20(11-17-23)18-29-32-25(21-12-14-22(28)15-13-21)19-34-27(32)30-24-8-6-7-9-26(24)33-3/h6-19H,4-5H2,1-3H3. The molecule has 7 heteroatoms. The maximum Gasteiger partial charge on any atom is 0.211 e. The second-order valence-corrected chi connectivity index (χ2v) is 9.27. The molecule has 1 heterocycles. The van der Waals surface area contributed by atoms with Crippen LogP contribution >= 0.6 is 27.3 Å². The van der Waals surface area contributed by atoms with Crippen molar-refractivity contribution in [3.8, 4) is 17.0 Å². The summed E-state index contributed by atoms with van der Waals surface area (Å²) in [5.74, 6) is 0.726. The van der Waals surface area contributed by atoms with Crippen LogP contribution in [0.2, 0.25) is 0 Å². The van der Waals surface area contributed by atoms with E-state index in [1.807, 2.05) is 47.3 Å². The molecule has 34 heavy (non-hydrogen) atoms. The maximum atomic E-state index is 5.49. The van der Waals surface area contributed by atoms with Gasteiger partial charge in [0.15, 0.2) is 0 Å². The predicted octanol–water partition coefficient (Wildman–Crippen LogP) is 6.95. The normalized spacial score (nSPS) is 11.8. The Labute approximate surface area is 212 Å². The third-order valence-corrected chi connectivity index (χ3v) is 6.82. The summed E-state index contributed by atoms with van der Waals surface area (Å²) in [5.41, 5.74) is 5.05. The van der Waals surface area contributed by atoms with Crippen molar-refractivity contribution in [1.29, 1.82) is 0 Å². The minimum Gasteiger partial charge on any atom is -0.494 e. The third kappa shape index (κ3) is 5.48. The number of anilines is 1. The van der Waals surface area contributed by atoms with Gasteiger partial charge in [0.1, 0.15) is 11.4 Å². The summed E-state index contributed by atoms with van der Waals surface area (Å²) in [7, 11) is 1.66. The molecule has 0 bridgehead atoms. The van der Waals surface area contributed by atoms with Crippen molar-refractivity contribution >= 4 is 44.9 Å². The molecule has 0 spiro atoms. The molecule has 0 unspecified atom stereocenters. The first kappa shape index (κ1) is 24.0. The largest absolute Gasteiger partial charge is 0.494 e. The summed E-state index contributed by atoms with van der Waals surface area (Å²) < 4.78 is 8.42. The van der Waals surface area contributed by atoms with E-state index in [1.54, 1.807) is 18.4 Å². The van der Waals surface area contributed by atoms with Gasteiger partial charge in [0.05, 0.1) is 19.0 Å². The van der Waals surface area contributed by atoms with Gasteiger partial charge in [-0.05, 0) is 55.8 Å². The summed E-state index contributed by atoms with van der Waals surface area (Å²) in [6.45, 7) is 6.31.